The van der Waals surface area contributed by atoms with Crippen molar-refractivity contribution < 1.29 is 19.4 Å². The summed E-state index contributed by atoms with van der Waals surface area (Å²) in [5.41, 5.74) is 1.64. The number of hydrogen-bond acceptors (Lipinski definition) is 4. The molecule has 0 aliphatic carbocycles. The molecule has 7 nitrogen and oxygen atoms in total. The lowest BCUT2D eigenvalue weighted by molar-refractivity contribution is 0.0660. The van der Waals surface area contributed by atoms with Gasteiger partial charge in [-0.2, -0.15) is 5.10 Å². The summed E-state index contributed by atoms with van der Waals surface area (Å²) in [7, 11) is 0. The molecule has 3 rings (SSSR count). The molecule has 2 N–H and O–H groups in total. The smallest absolute Gasteiger partial charge is 0.335 e. The number of carbonyl (C=O) groups is 2. The van der Waals surface area contributed by atoms with Gasteiger partial charge in [0.25, 0.3) is 5.91 Å². The summed E-state index contributed by atoms with van der Waals surface area (Å²) < 4.78 is 7.19. The number of aromatic nitrogens is 2. The molecule has 1 aromatic heterocycles. The molecule has 0 bridgehead atoms. The van der Waals surface area contributed by atoms with Crippen LogP contribution in [0, 0.1) is 0 Å². The third-order valence-electron chi connectivity index (χ3n) is 4.31. The molecule has 25 heavy (non-hydrogen) atoms. The van der Waals surface area contributed by atoms with Crippen molar-refractivity contribution >= 4 is 11.9 Å². The van der Waals surface area contributed by atoms with Crippen molar-refractivity contribution in [3.05, 3.63) is 53.3 Å². The van der Waals surface area contributed by atoms with Crippen LogP contribution in [0.25, 0.3) is 0 Å². The zero-order valence-corrected chi connectivity index (χ0v) is 13.9. The molecule has 0 unspecified atom stereocenters. The van der Waals surface area contributed by atoms with Gasteiger partial charge in [-0.15, -0.1) is 0 Å². The van der Waals surface area contributed by atoms with Crippen molar-refractivity contribution in [3.8, 4) is 0 Å². The highest BCUT2D eigenvalue weighted by Crippen LogP contribution is 2.19. The summed E-state index contributed by atoms with van der Waals surface area (Å²) in [6.45, 7) is 1.93. The minimum absolute atomic E-state index is 0.201. The van der Waals surface area contributed by atoms with Gasteiger partial charge in [-0.25, -0.2) is 4.79 Å². The Balaban J connectivity index is 1.49. The Morgan fingerprint density at radius 2 is 1.92 bits per heavy atom. The third kappa shape index (κ3) is 4.45. The maximum absolute atomic E-state index is 12.2. The lowest BCUT2D eigenvalue weighted by Gasteiger charge is -2.22. The number of nitrogens with zero attached hydrogens (tertiary/aromatic N) is 2. The number of rotatable bonds is 6. The van der Waals surface area contributed by atoms with Gasteiger partial charge in [0.2, 0.25) is 0 Å². The third-order valence-corrected chi connectivity index (χ3v) is 4.31. The van der Waals surface area contributed by atoms with Crippen LogP contribution in [-0.2, 0) is 11.2 Å². The van der Waals surface area contributed by atoms with Crippen LogP contribution in [0.4, 0.5) is 0 Å². The van der Waals surface area contributed by atoms with Crippen molar-refractivity contribution in [2.45, 2.75) is 25.3 Å². The number of hydrogen-bond donors (Lipinski definition) is 2. The predicted octanol–water partition coefficient (Wildman–Crippen LogP) is 1.91. The average Bonchev–Trinajstić information content (AvgIpc) is 3.13. The molecule has 2 aromatic rings. The Kier molecular flexibility index (Phi) is 5.45. The molecule has 2 heterocycles. The van der Waals surface area contributed by atoms with E-state index in [1.807, 2.05) is 10.9 Å². The Morgan fingerprint density at radius 3 is 2.60 bits per heavy atom. The highest BCUT2D eigenvalue weighted by Gasteiger charge is 2.18. The minimum atomic E-state index is -0.944. The van der Waals surface area contributed by atoms with Crippen LogP contribution in [0.3, 0.4) is 0 Å². The number of ether oxygens (including phenoxy) is 1. The molecule has 0 saturated carbocycles. The van der Waals surface area contributed by atoms with E-state index in [9.17, 15) is 9.59 Å². The Hall–Kier alpha value is -2.67. The van der Waals surface area contributed by atoms with Gasteiger partial charge in [-0.3, -0.25) is 9.48 Å². The second-order valence-corrected chi connectivity index (χ2v) is 6.03. The highest BCUT2D eigenvalue weighted by atomic mass is 16.5. The molecule has 0 atom stereocenters. The fourth-order valence-electron chi connectivity index (χ4n) is 2.84. The van der Waals surface area contributed by atoms with Crippen molar-refractivity contribution in [3.63, 3.8) is 0 Å². The van der Waals surface area contributed by atoms with Crippen molar-refractivity contribution in [1.29, 1.82) is 0 Å². The van der Waals surface area contributed by atoms with Crippen molar-refractivity contribution in [2.75, 3.05) is 19.8 Å². The lowest BCUT2D eigenvalue weighted by atomic mass is 10.1. The number of nitrogens with one attached hydrogen (secondary N) is 1. The van der Waals surface area contributed by atoms with Gasteiger partial charge < -0.3 is 15.2 Å². The van der Waals surface area contributed by atoms with Gasteiger partial charge >= 0.3 is 5.97 Å². The maximum atomic E-state index is 12.2. The normalized spacial score (nSPS) is 15.0. The molecule has 1 aliphatic heterocycles. The first-order valence-electron chi connectivity index (χ1n) is 8.37. The molecule has 1 aliphatic rings. The maximum Gasteiger partial charge on any atom is 0.335 e. The summed E-state index contributed by atoms with van der Waals surface area (Å²) in [5, 5.41) is 16.1. The van der Waals surface area contributed by atoms with E-state index >= 15 is 0 Å². The van der Waals surface area contributed by atoms with Crippen molar-refractivity contribution in [1.82, 2.24) is 15.1 Å². The summed E-state index contributed by atoms with van der Waals surface area (Å²) in [6.07, 6.45) is 4.30. The monoisotopic (exact) mass is 343 g/mol. The average molecular weight is 343 g/mol. The Morgan fingerprint density at radius 1 is 1.20 bits per heavy atom. The standard InChI is InChI=1S/C18H21N3O4/c22-17(16-6-10-21(20-16)15-7-11-25-12-8-15)19-9-5-13-1-3-14(4-2-13)18(23)24/h1-4,6,10,15H,5,7-9,11-12H2,(H,19,22)(H,23,24). The van der Waals surface area contributed by atoms with Crippen LogP contribution in [0.1, 0.15) is 45.3 Å². The van der Waals surface area contributed by atoms with Crippen LogP contribution in [0.15, 0.2) is 36.5 Å². The quantitative estimate of drug-likeness (QED) is 0.836. The summed E-state index contributed by atoms with van der Waals surface area (Å²) in [6, 6.07) is 8.67. The van der Waals surface area contributed by atoms with Gasteiger partial charge in [0.05, 0.1) is 11.6 Å². The number of benzene rings is 1. The fourth-order valence-corrected chi connectivity index (χ4v) is 2.84. The summed E-state index contributed by atoms with van der Waals surface area (Å²) in [5.74, 6) is -1.15. The zero-order valence-electron chi connectivity index (χ0n) is 13.9. The van der Waals surface area contributed by atoms with E-state index in [0.29, 0.717) is 24.7 Å². The number of aromatic carboxylic acids is 1. The molecule has 7 heteroatoms. The molecule has 1 saturated heterocycles. The summed E-state index contributed by atoms with van der Waals surface area (Å²) >= 11 is 0. The van der Waals surface area contributed by atoms with Gasteiger partial charge in [0.15, 0.2) is 0 Å². The molecule has 1 fully saturated rings. The molecule has 0 radical (unpaired) electrons. The second-order valence-electron chi connectivity index (χ2n) is 6.03. The molecule has 0 spiro atoms. The van der Waals surface area contributed by atoms with Crippen LogP contribution < -0.4 is 5.32 Å². The Bertz CT molecular complexity index is 733. The van der Waals surface area contributed by atoms with E-state index in [-0.39, 0.29) is 11.5 Å². The molecular weight excluding hydrogens is 322 g/mol. The van der Waals surface area contributed by atoms with Crippen LogP contribution in [0.5, 0.6) is 0 Å². The van der Waals surface area contributed by atoms with E-state index in [1.54, 1.807) is 30.3 Å². The predicted molar refractivity (Wildman–Crippen MR) is 90.8 cm³/mol. The SMILES string of the molecule is O=C(O)c1ccc(CCNC(=O)c2ccn(C3CCOCC3)n2)cc1. The summed E-state index contributed by atoms with van der Waals surface area (Å²) in [4.78, 5) is 23.0. The number of carboxylic acids is 1. The van der Waals surface area contributed by atoms with Gasteiger partial charge in [-0.1, -0.05) is 12.1 Å². The van der Waals surface area contributed by atoms with Crippen LogP contribution in [-0.4, -0.2) is 46.5 Å². The van der Waals surface area contributed by atoms with Crippen LogP contribution >= 0.6 is 0 Å². The number of amides is 1. The van der Waals surface area contributed by atoms with E-state index in [0.717, 1.165) is 31.6 Å². The first kappa shape index (κ1) is 17.2. The van der Waals surface area contributed by atoms with E-state index < -0.39 is 5.97 Å². The molecule has 1 aromatic carbocycles. The first-order chi connectivity index (χ1) is 12.1. The highest BCUT2D eigenvalue weighted by molar-refractivity contribution is 5.92. The van der Waals surface area contributed by atoms with E-state index in [4.69, 9.17) is 9.84 Å². The van der Waals surface area contributed by atoms with Gasteiger partial charge in [0, 0.05) is 26.0 Å². The second kappa shape index (κ2) is 7.94. The van der Waals surface area contributed by atoms with Gasteiger partial charge in [0.1, 0.15) is 5.69 Å². The zero-order chi connectivity index (χ0) is 17.6. The largest absolute Gasteiger partial charge is 0.478 e. The van der Waals surface area contributed by atoms with E-state index in [1.165, 1.54) is 0 Å². The molecule has 1 amide bonds. The van der Waals surface area contributed by atoms with Crippen LogP contribution in [0.2, 0.25) is 0 Å². The van der Waals surface area contributed by atoms with Crippen molar-refractivity contribution in [2.24, 2.45) is 0 Å². The Labute approximate surface area is 145 Å². The molecule has 132 valence electrons. The number of carboxylic acid groups (broad SMARTS) is 1. The topological polar surface area (TPSA) is 93.5 Å². The first-order valence-corrected chi connectivity index (χ1v) is 8.37. The van der Waals surface area contributed by atoms with E-state index in [2.05, 4.69) is 10.4 Å². The van der Waals surface area contributed by atoms with Gasteiger partial charge in [-0.05, 0) is 43.0 Å². The fraction of sp³-hybridized carbons (Fsp3) is 0.389. The lowest BCUT2D eigenvalue weighted by Crippen LogP contribution is -2.27. The number of carbonyl (C=O) groups excluding carboxylic acids is 1. The molecular formula is C18H21N3O4. The minimum Gasteiger partial charge on any atom is -0.478 e.